The summed E-state index contributed by atoms with van der Waals surface area (Å²) in [5.41, 5.74) is 0.871. The van der Waals surface area contributed by atoms with Crippen LogP contribution in [0.1, 0.15) is 21.9 Å². The predicted octanol–water partition coefficient (Wildman–Crippen LogP) is 4.29. The molecule has 0 spiro atoms. The highest BCUT2D eigenvalue weighted by atomic mass is 32.2. The number of fused-ring (bicyclic) bond motifs is 1. The average Bonchev–Trinajstić information content (AvgIpc) is 3.53. The minimum Gasteiger partial charge on any atom is -0.503 e. The Balaban J connectivity index is 1.77. The average molecular weight is 485 g/mol. The zero-order valence-corrected chi connectivity index (χ0v) is 18.9. The van der Waals surface area contributed by atoms with Crippen molar-refractivity contribution in [1.29, 1.82) is 0 Å². The van der Waals surface area contributed by atoms with E-state index < -0.39 is 27.2 Å². The van der Waals surface area contributed by atoms with Crippen LogP contribution in [0.3, 0.4) is 0 Å². The number of carbonyl (C=O) groups is 1. The zero-order valence-electron chi connectivity index (χ0n) is 17.3. The van der Waals surface area contributed by atoms with Crippen LogP contribution in [-0.4, -0.2) is 40.2 Å². The van der Waals surface area contributed by atoms with Crippen molar-refractivity contribution in [3.05, 3.63) is 66.0 Å². The second kappa shape index (κ2) is 7.36. The van der Waals surface area contributed by atoms with Crippen molar-refractivity contribution < 1.29 is 32.3 Å². The lowest BCUT2D eigenvalue weighted by atomic mass is 10.0. The van der Waals surface area contributed by atoms with Gasteiger partial charge in [0.15, 0.2) is 26.5 Å². The molecule has 0 bridgehead atoms. The van der Waals surface area contributed by atoms with Crippen molar-refractivity contribution in [2.75, 3.05) is 6.26 Å². The molecule has 0 fully saturated rings. The van der Waals surface area contributed by atoms with E-state index in [1.165, 1.54) is 35.3 Å². The quantitative estimate of drug-likeness (QED) is 0.353. The van der Waals surface area contributed by atoms with Crippen molar-refractivity contribution in [2.45, 2.75) is 11.8 Å². The van der Waals surface area contributed by atoms with E-state index in [4.69, 9.17) is 8.83 Å². The molecule has 0 unspecified atom stereocenters. The van der Waals surface area contributed by atoms with Crippen LogP contribution in [0.25, 0.3) is 26.6 Å². The highest BCUT2D eigenvalue weighted by Crippen LogP contribution is 2.45. The van der Waals surface area contributed by atoms with Crippen LogP contribution < -0.4 is 0 Å². The van der Waals surface area contributed by atoms with Gasteiger partial charge in [-0.1, -0.05) is 11.3 Å². The third-order valence-electron chi connectivity index (χ3n) is 5.07. The van der Waals surface area contributed by atoms with Crippen molar-refractivity contribution in [3.8, 4) is 28.0 Å². The maximum Gasteiger partial charge on any atom is 0.242 e. The van der Waals surface area contributed by atoms with Gasteiger partial charge >= 0.3 is 0 Å². The summed E-state index contributed by atoms with van der Waals surface area (Å²) in [6.45, 7) is 1.68. The first kappa shape index (κ1) is 21.0. The summed E-state index contributed by atoms with van der Waals surface area (Å²) in [6.07, 6.45) is 3.87. The number of nitrogens with zero attached hydrogens (tertiary/aromatic N) is 2. The first-order valence-electron chi connectivity index (χ1n) is 9.56. The molecule has 0 aliphatic heterocycles. The van der Waals surface area contributed by atoms with Crippen LogP contribution >= 0.6 is 11.3 Å². The highest BCUT2D eigenvalue weighted by Gasteiger charge is 2.32. The Morgan fingerprint density at radius 1 is 1.15 bits per heavy atom. The van der Waals surface area contributed by atoms with Crippen LogP contribution in [0.15, 0.2) is 62.7 Å². The lowest BCUT2D eigenvalue weighted by molar-refractivity contribution is 0.101. The Morgan fingerprint density at radius 2 is 1.94 bits per heavy atom. The van der Waals surface area contributed by atoms with E-state index in [0.29, 0.717) is 21.5 Å². The topological polar surface area (TPSA) is 136 Å². The molecular weight excluding hydrogens is 468 g/mol. The molecule has 4 aromatic heterocycles. The Labute approximate surface area is 191 Å². The smallest absolute Gasteiger partial charge is 0.242 e. The number of hydrogen-bond acceptors (Lipinski definition) is 9. The van der Waals surface area contributed by atoms with Crippen LogP contribution in [0.2, 0.25) is 0 Å². The predicted molar refractivity (Wildman–Crippen MR) is 120 cm³/mol. The van der Waals surface area contributed by atoms with Gasteiger partial charge in [0.05, 0.1) is 38.9 Å². The van der Waals surface area contributed by atoms with E-state index in [9.17, 15) is 23.4 Å². The minimum atomic E-state index is -3.43. The third-order valence-corrected chi connectivity index (χ3v) is 7.19. The van der Waals surface area contributed by atoms with Gasteiger partial charge in [-0.25, -0.2) is 13.4 Å². The highest BCUT2D eigenvalue weighted by molar-refractivity contribution is 7.90. The fourth-order valence-corrected chi connectivity index (χ4v) is 5.26. The number of hydrogen-bond donors (Lipinski definition) is 2. The molecule has 0 radical (unpaired) electrons. The number of sulfone groups is 1. The number of rotatable bonds is 5. The van der Waals surface area contributed by atoms with Gasteiger partial charge in [0.1, 0.15) is 5.76 Å². The van der Waals surface area contributed by atoms with Gasteiger partial charge in [-0.2, -0.15) is 0 Å². The Kier molecular flexibility index (Phi) is 4.69. The van der Waals surface area contributed by atoms with Gasteiger partial charge in [-0.05, 0) is 43.3 Å². The van der Waals surface area contributed by atoms with Crippen LogP contribution in [0.5, 0.6) is 11.6 Å². The summed E-state index contributed by atoms with van der Waals surface area (Å²) in [5, 5.41) is 21.8. The lowest BCUT2D eigenvalue weighted by Gasteiger charge is -2.06. The number of aryl methyl sites for hydroxylation is 1. The summed E-state index contributed by atoms with van der Waals surface area (Å²) < 4.78 is 36.2. The largest absolute Gasteiger partial charge is 0.503 e. The number of carbonyl (C=O) groups excluding carboxylic acids is 1. The second-order valence-corrected chi connectivity index (χ2v) is 10.4. The van der Waals surface area contributed by atoms with Crippen molar-refractivity contribution in [2.24, 2.45) is 0 Å². The molecule has 9 nitrogen and oxygen atoms in total. The second-order valence-electron chi connectivity index (χ2n) is 7.38. The first-order valence-corrected chi connectivity index (χ1v) is 12.3. The molecule has 0 aliphatic rings. The fraction of sp³-hybridized carbons (Fsp3) is 0.0909. The Hall–Kier alpha value is -3.83. The normalized spacial score (nSPS) is 11.9. The lowest BCUT2D eigenvalue weighted by Crippen LogP contribution is -2.03. The first-order chi connectivity index (χ1) is 15.6. The van der Waals surface area contributed by atoms with E-state index in [1.54, 1.807) is 25.1 Å². The molecule has 0 atom stereocenters. The van der Waals surface area contributed by atoms with E-state index in [0.717, 1.165) is 17.6 Å². The Morgan fingerprint density at radius 3 is 2.58 bits per heavy atom. The number of thiazole rings is 1. The summed E-state index contributed by atoms with van der Waals surface area (Å²) in [4.78, 5) is 17.8. The molecule has 0 amide bonds. The molecular formula is C22H16N2O7S2. The molecule has 5 aromatic rings. The molecule has 0 saturated carbocycles. The van der Waals surface area contributed by atoms with Gasteiger partial charge < -0.3 is 19.0 Å². The van der Waals surface area contributed by atoms with Crippen molar-refractivity contribution in [3.63, 3.8) is 0 Å². The van der Waals surface area contributed by atoms with Gasteiger partial charge in [-0.3, -0.25) is 9.36 Å². The fourth-order valence-electron chi connectivity index (χ4n) is 3.52. The monoisotopic (exact) mass is 484 g/mol. The van der Waals surface area contributed by atoms with Crippen LogP contribution in [0.4, 0.5) is 0 Å². The summed E-state index contributed by atoms with van der Waals surface area (Å²) >= 11 is 1.09. The zero-order chi connectivity index (χ0) is 23.5. The van der Waals surface area contributed by atoms with Gasteiger partial charge in [0.2, 0.25) is 11.7 Å². The maximum atomic E-state index is 13.2. The Bertz CT molecular complexity index is 1640. The molecule has 168 valence electrons. The minimum absolute atomic E-state index is 0.00760. The van der Waals surface area contributed by atoms with E-state index >= 15 is 0 Å². The van der Waals surface area contributed by atoms with E-state index in [-0.39, 0.29) is 27.0 Å². The number of aromatic hydroxyl groups is 2. The SMILES string of the molecule is Cc1ccc(C(=O)c2c(O)c(O)n(-c3nc4ccc(S(C)(=O)=O)cc4s3)c2-c2ccoc2)o1. The summed E-state index contributed by atoms with van der Waals surface area (Å²) in [6, 6.07) is 9.16. The van der Waals surface area contributed by atoms with E-state index in [2.05, 4.69) is 4.98 Å². The molecule has 2 N–H and O–H groups in total. The standard InChI is InChI=1S/C22H16N2O7S2/c1-11-3-6-15(31-11)19(25)17-18(12-7-8-30-10-12)24(21(27)20(17)26)22-23-14-5-4-13(33(2,28)29)9-16(14)32-22/h3-10,26-27H,1-2H3. The molecule has 33 heavy (non-hydrogen) atoms. The van der Waals surface area contributed by atoms with Crippen molar-refractivity contribution >= 4 is 37.2 Å². The number of benzene rings is 1. The van der Waals surface area contributed by atoms with Gasteiger partial charge in [0.25, 0.3) is 0 Å². The number of furan rings is 2. The molecule has 1 aromatic carbocycles. The van der Waals surface area contributed by atoms with Crippen LogP contribution in [-0.2, 0) is 9.84 Å². The van der Waals surface area contributed by atoms with E-state index in [1.807, 2.05) is 0 Å². The molecule has 0 saturated heterocycles. The summed E-state index contributed by atoms with van der Waals surface area (Å²) in [7, 11) is -3.43. The number of aromatic nitrogens is 2. The van der Waals surface area contributed by atoms with Gasteiger partial charge in [-0.15, -0.1) is 0 Å². The summed E-state index contributed by atoms with van der Waals surface area (Å²) in [5.74, 6) is -1.36. The maximum absolute atomic E-state index is 13.2. The molecule has 0 aliphatic carbocycles. The molecule has 5 rings (SSSR count). The van der Waals surface area contributed by atoms with Crippen molar-refractivity contribution in [1.82, 2.24) is 9.55 Å². The van der Waals surface area contributed by atoms with Crippen LogP contribution in [0, 0.1) is 6.92 Å². The molecule has 11 heteroatoms. The van der Waals surface area contributed by atoms with Gasteiger partial charge in [0, 0.05) is 11.8 Å². The molecule has 4 heterocycles. The third kappa shape index (κ3) is 3.41. The number of ketones is 1.